The van der Waals surface area contributed by atoms with Crippen molar-refractivity contribution in [2.24, 2.45) is 10.9 Å². The van der Waals surface area contributed by atoms with Crippen molar-refractivity contribution in [2.45, 2.75) is 83.0 Å². The van der Waals surface area contributed by atoms with Crippen LogP contribution in [0.5, 0.6) is 0 Å². The molecule has 5 atom stereocenters. The summed E-state index contributed by atoms with van der Waals surface area (Å²) in [5.41, 5.74) is 0. The van der Waals surface area contributed by atoms with Crippen molar-refractivity contribution in [1.29, 1.82) is 0 Å². The van der Waals surface area contributed by atoms with Gasteiger partial charge in [0.05, 0.1) is 12.1 Å². The molecule has 1 fully saturated rings. The number of aliphatic hydroxyl groups excluding tert-OH is 1. The molecule has 0 bridgehead atoms. The van der Waals surface area contributed by atoms with Gasteiger partial charge in [-0.15, -0.1) is 10.2 Å². The minimum atomic E-state index is -1.10. The van der Waals surface area contributed by atoms with Gasteiger partial charge in [-0.25, -0.2) is 0 Å². The Kier molecular flexibility index (Phi) is 6.96. The van der Waals surface area contributed by atoms with Crippen LogP contribution in [0, 0.1) is 12.8 Å². The van der Waals surface area contributed by atoms with Crippen molar-refractivity contribution in [3.8, 4) is 0 Å². The van der Waals surface area contributed by atoms with Gasteiger partial charge in [0.25, 0.3) is 0 Å². The van der Waals surface area contributed by atoms with Gasteiger partial charge in [0.15, 0.2) is 0 Å². The Morgan fingerprint density at radius 3 is 2.72 bits per heavy atom. The van der Waals surface area contributed by atoms with Gasteiger partial charge in [-0.3, -0.25) is 4.99 Å². The first-order valence-electron chi connectivity index (χ1n) is 10.8. The van der Waals surface area contributed by atoms with Crippen LogP contribution >= 0.6 is 0 Å². The molecule has 0 saturated heterocycles. The van der Waals surface area contributed by atoms with Crippen molar-refractivity contribution in [3.05, 3.63) is 23.9 Å². The second-order valence-electron chi connectivity index (χ2n) is 9.67. The Labute approximate surface area is 175 Å². The zero-order valence-electron chi connectivity index (χ0n) is 18.6. The van der Waals surface area contributed by atoms with E-state index in [0.29, 0.717) is 12.6 Å². The normalized spacial score (nSPS) is 29.7. The average Bonchev–Trinajstić information content (AvgIpc) is 3.33. The van der Waals surface area contributed by atoms with Crippen LogP contribution in [0.2, 0.25) is 25.7 Å². The fraction of sp³-hybridized carbons (Fsp3) is 0.762. The monoisotopic (exact) mass is 419 g/mol. The zero-order valence-corrected chi connectivity index (χ0v) is 19.6. The number of nitrogens with zero attached hydrogens (tertiary/aromatic N) is 5. The molecule has 1 N–H and O–H groups in total. The van der Waals surface area contributed by atoms with E-state index in [9.17, 15) is 5.11 Å². The molecule has 1 aliphatic carbocycles. The molecular weight excluding hydrogens is 382 g/mol. The van der Waals surface area contributed by atoms with Crippen molar-refractivity contribution in [1.82, 2.24) is 19.7 Å². The number of rotatable bonds is 9. The van der Waals surface area contributed by atoms with E-state index >= 15 is 0 Å². The van der Waals surface area contributed by atoms with Gasteiger partial charge in [-0.2, -0.15) is 0 Å². The van der Waals surface area contributed by atoms with E-state index in [4.69, 9.17) is 4.74 Å². The summed E-state index contributed by atoms with van der Waals surface area (Å²) in [6, 6.07) is 1.14. The molecule has 1 aliphatic heterocycles. The summed E-state index contributed by atoms with van der Waals surface area (Å²) in [4.78, 5) is 6.52. The van der Waals surface area contributed by atoms with E-state index in [2.05, 4.69) is 70.2 Å². The molecule has 0 aromatic carbocycles. The van der Waals surface area contributed by atoms with Crippen LogP contribution in [0.1, 0.15) is 49.8 Å². The second kappa shape index (κ2) is 9.10. The summed E-state index contributed by atoms with van der Waals surface area (Å²) >= 11 is 0. The second-order valence-corrected chi connectivity index (χ2v) is 15.3. The highest BCUT2D eigenvalue weighted by Gasteiger charge is 2.39. The third-order valence-electron chi connectivity index (χ3n) is 6.26. The van der Waals surface area contributed by atoms with Gasteiger partial charge < -0.3 is 19.3 Å². The molecule has 3 rings (SSSR count). The minimum absolute atomic E-state index is 0.00617. The third-order valence-corrected chi connectivity index (χ3v) is 7.96. The predicted octanol–water partition coefficient (Wildman–Crippen LogP) is 3.56. The molecule has 0 radical (unpaired) electrons. The smallest absolute Gasteiger partial charge is 0.146 e. The number of aliphatic hydroxyl groups is 1. The molecule has 162 valence electrons. The first-order chi connectivity index (χ1) is 13.7. The lowest BCUT2D eigenvalue weighted by molar-refractivity contribution is 0.0414. The van der Waals surface area contributed by atoms with Crippen molar-refractivity contribution in [2.75, 3.05) is 13.3 Å². The van der Waals surface area contributed by atoms with Crippen molar-refractivity contribution in [3.63, 3.8) is 0 Å². The topological polar surface area (TPSA) is 75.8 Å². The summed E-state index contributed by atoms with van der Waals surface area (Å²) in [5, 5.41) is 19.1. The molecule has 1 saturated carbocycles. The van der Waals surface area contributed by atoms with Crippen LogP contribution in [0.3, 0.4) is 0 Å². The van der Waals surface area contributed by atoms with Crippen molar-refractivity contribution < 1.29 is 9.84 Å². The van der Waals surface area contributed by atoms with Crippen LogP contribution in [0.25, 0.3) is 0 Å². The Balaban J connectivity index is 1.73. The van der Waals surface area contributed by atoms with Gasteiger partial charge >= 0.3 is 0 Å². The number of aliphatic imine (C=N–C) groups is 1. The number of hydrogen-bond acceptors (Lipinski definition) is 6. The van der Waals surface area contributed by atoms with Crippen LogP contribution in [-0.4, -0.2) is 65.2 Å². The molecule has 2 heterocycles. The quantitative estimate of drug-likeness (QED) is 0.376. The molecule has 5 unspecified atom stereocenters. The lowest BCUT2D eigenvalue weighted by Crippen LogP contribution is -2.35. The van der Waals surface area contributed by atoms with Crippen LogP contribution in [0.15, 0.2) is 17.3 Å². The number of aryl methyl sites for hydroxylation is 1. The molecule has 0 amide bonds. The van der Waals surface area contributed by atoms with E-state index in [1.54, 1.807) is 0 Å². The fourth-order valence-electron chi connectivity index (χ4n) is 4.55. The van der Waals surface area contributed by atoms with E-state index in [1.165, 1.54) is 0 Å². The highest BCUT2D eigenvalue weighted by atomic mass is 28.3. The van der Waals surface area contributed by atoms with Crippen molar-refractivity contribution >= 4 is 14.8 Å². The van der Waals surface area contributed by atoms with E-state index in [-0.39, 0.29) is 24.2 Å². The van der Waals surface area contributed by atoms with Crippen LogP contribution in [0.4, 0.5) is 0 Å². The Hall–Kier alpha value is -1.51. The fourth-order valence-corrected chi connectivity index (χ4v) is 5.31. The molecule has 1 aromatic rings. The van der Waals surface area contributed by atoms with Gasteiger partial charge in [0.2, 0.25) is 0 Å². The summed E-state index contributed by atoms with van der Waals surface area (Å²) in [6.07, 6.45) is 6.45. The molecule has 0 spiro atoms. The van der Waals surface area contributed by atoms with Crippen LogP contribution in [-0.2, 0) is 4.74 Å². The zero-order chi connectivity index (χ0) is 21.2. The maximum absolute atomic E-state index is 10.2. The average molecular weight is 420 g/mol. The predicted molar refractivity (Wildman–Crippen MR) is 119 cm³/mol. The van der Waals surface area contributed by atoms with E-state index < -0.39 is 8.07 Å². The SMILES string of the molecule is C=NC1C(n2c(C)nnc2C2CC(O)CC2CC)C=CN1COCC[Si](C)(C)C. The number of aromatic nitrogens is 3. The lowest BCUT2D eigenvalue weighted by Gasteiger charge is -2.29. The molecule has 8 heteroatoms. The van der Waals surface area contributed by atoms with E-state index in [0.717, 1.165) is 43.6 Å². The Morgan fingerprint density at radius 1 is 1.31 bits per heavy atom. The molecule has 29 heavy (non-hydrogen) atoms. The number of ether oxygens (including phenoxy) is 1. The summed E-state index contributed by atoms with van der Waals surface area (Å²) in [7, 11) is -1.10. The van der Waals surface area contributed by atoms with E-state index in [1.807, 2.05) is 6.92 Å². The highest BCUT2D eigenvalue weighted by molar-refractivity contribution is 6.76. The van der Waals surface area contributed by atoms with Gasteiger partial charge in [0, 0.05) is 26.8 Å². The molecule has 7 nitrogen and oxygen atoms in total. The minimum Gasteiger partial charge on any atom is -0.393 e. The molecule has 1 aromatic heterocycles. The summed E-state index contributed by atoms with van der Waals surface area (Å²) < 4.78 is 8.15. The lowest BCUT2D eigenvalue weighted by atomic mass is 9.92. The summed E-state index contributed by atoms with van der Waals surface area (Å²) in [5.74, 6) is 2.52. The summed E-state index contributed by atoms with van der Waals surface area (Å²) in [6.45, 7) is 16.4. The first kappa shape index (κ1) is 22.2. The maximum Gasteiger partial charge on any atom is 0.146 e. The number of hydrogen-bond donors (Lipinski definition) is 1. The first-order valence-corrected chi connectivity index (χ1v) is 14.5. The molecular formula is C21H37N5O2Si. The van der Waals surface area contributed by atoms with Gasteiger partial charge in [-0.1, -0.05) is 33.0 Å². The maximum atomic E-state index is 10.2. The van der Waals surface area contributed by atoms with Gasteiger partial charge in [-0.05, 0) is 44.5 Å². The highest BCUT2D eigenvalue weighted by Crippen LogP contribution is 2.42. The Bertz CT molecular complexity index is 729. The third kappa shape index (κ3) is 4.98. The van der Waals surface area contributed by atoms with Gasteiger partial charge in [0.1, 0.15) is 24.5 Å². The van der Waals surface area contributed by atoms with Crippen LogP contribution < -0.4 is 0 Å². The molecule has 2 aliphatic rings. The standard InChI is InChI=1S/C21H37N5O2Si/c1-7-16-12-17(27)13-18(16)20-24-23-15(2)26(20)19-8-9-25(21(19)22-3)14-28-10-11-29(4,5)6/h8-9,16-19,21,27H,3,7,10-14H2,1-2,4-6H3. The largest absolute Gasteiger partial charge is 0.393 e. The Morgan fingerprint density at radius 2 is 2.07 bits per heavy atom.